The maximum absolute atomic E-state index is 13.1. The van der Waals surface area contributed by atoms with Crippen LogP contribution in [0.1, 0.15) is 11.9 Å². The van der Waals surface area contributed by atoms with Crippen molar-refractivity contribution >= 4 is 39.1 Å². The van der Waals surface area contributed by atoms with E-state index in [-0.39, 0.29) is 11.6 Å². The highest BCUT2D eigenvalue weighted by Crippen LogP contribution is 2.35. The average molecular weight is 333 g/mol. The van der Waals surface area contributed by atoms with Crippen molar-refractivity contribution in [3.8, 4) is 11.3 Å². The number of aromatic nitrogens is 3. The number of nitrogens with zero attached hydrogens (tertiary/aromatic N) is 3. The van der Waals surface area contributed by atoms with Gasteiger partial charge in [0.25, 0.3) is 0 Å². The van der Waals surface area contributed by atoms with Crippen LogP contribution >= 0.6 is 23.1 Å². The Morgan fingerprint density at radius 3 is 2.68 bits per heavy atom. The first kappa shape index (κ1) is 15.1. The first-order valence-corrected chi connectivity index (χ1v) is 8.37. The van der Waals surface area contributed by atoms with Crippen LogP contribution < -0.4 is 0 Å². The number of halogens is 1. The number of hydrogen-bond acceptors (Lipinski definition) is 6. The Morgan fingerprint density at radius 2 is 2.00 bits per heavy atom. The summed E-state index contributed by atoms with van der Waals surface area (Å²) in [5, 5.41) is 10.0. The molecule has 7 heteroatoms. The molecule has 0 unspecified atom stereocenters. The molecule has 2 heterocycles. The molecule has 0 atom stereocenters. The molecule has 0 saturated carbocycles. The van der Waals surface area contributed by atoms with Gasteiger partial charge in [0, 0.05) is 5.56 Å². The van der Waals surface area contributed by atoms with Gasteiger partial charge in [-0.2, -0.15) is 0 Å². The summed E-state index contributed by atoms with van der Waals surface area (Å²) in [5.74, 6) is 0.132. The zero-order valence-electron chi connectivity index (χ0n) is 12.0. The Kier molecular flexibility index (Phi) is 4.17. The maximum Gasteiger partial charge on any atom is 0.146 e. The van der Waals surface area contributed by atoms with E-state index in [4.69, 9.17) is 0 Å². The van der Waals surface area contributed by atoms with E-state index < -0.39 is 0 Å². The Balaban J connectivity index is 2.11. The lowest BCUT2D eigenvalue weighted by Gasteiger charge is -2.04. The minimum absolute atomic E-state index is 0.0783. The number of aryl methyl sites for hydroxylation is 1. The van der Waals surface area contributed by atoms with Crippen LogP contribution in [0.15, 0.2) is 29.3 Å². The van der Waals surface area contributed by atoms with Crippen molar-refractivity contribution in [1.29, 1.82) is 0 Å². The zero-order chi connectivity index (χ0) is 15.7. The number of carbonyl (C=O) groups is 1. The minimum atomic E-state index is -0.290. The van der Waals surface area contributed by atoms with Gasteiger partial charge < -0.3 is 0 Å². The molecule has 2 aromatic heterocycles. The highest BCUT2D eigenvalue weighted by Gasteiger charge is 2.16. The van der Waals surface area contributed by atoms with E-state index in [0.29, 0.717) is 16.5 Å². The molecule has 0 bridgehead atoms. The summed E-state index contributed by atoms with van der Waals surface area (Å²) in [6.07, 6.45) is 0. The molecular formula is C15H12FN3OS2. The van der Waals surface area contributed by atoms with E-state index in [0.717, 1.165) is 20.8 Å². The van der Waals surface area contributed by atoms with Crippen LogP contribution in [-0.2, 0) is 4.79 Å². The van der Waals surface area contributed by atoms with Crippen LogP contribution in [-0.4, -0.2) is 26.7 Å². The Bertz CT molecular complexity index is 846. The summed E-state index contributed by atoms with van der Waals surface area (Å²) < 4.78 is 14.0. The van der Waals surface area contributed by atoms with Crippen LogP contribution in [0.5, 0.6) is 0 Å². The van der Waals surface area contributed by atoms with Crippen LogP contribution in [0.3, 0.4) is 0 Å². The van der Waals surface area contributed by atoms with Gasteiger partial charge >= 0.3 is 0 Å². The number of benzene rings is 1. The van der Waals surface area contributed by atoms with Crippen molar-refractivity contribution in [1.82, 2.24) is 15.2 Å². The zero-order valence-corrected chi connectivity index (χ0v) is 13.6. The first-order chi connectivity index (χ1) is 10.5. The second-order valence-electron chi connectivity index (χ2n) is 4.76. The lowest BCUT2D eigenvalue weighted by Crippen LogP contribution is -1.97. The quantitative estimate of drug-likeness (QED) is 0.678. The van der Waals surface area contributed by atoms with Crippen LogP contribution in [0, 0.1) is 12.7 Å². The molecule has 0 saturated heterocycles. The monoisotopic (exact) mass is 333 g/mol. The summed E-state index contributed by atoms with van der Waals surface area (Å²) in [6.45, 7) is 3.45. The number of hydrogen-bond donors (Lipinski definition) is 0. The number of rotatable bonds is 4. The molecule has 0 aliphatic heterocycles. The second kappa shape index (κ2) is 6.10. The Morgan fingerprint density at radius 1 is 1.27 bits per heavy atom. The van der Waals surface area contributed by atoms with Crippen LogP contribution in [0.2, 0.25) is 0 Å². The fourth-order valence-electron chi connectivity index (χ4n) is 1.98. The van der Waals surface area contributed by atoms with E-state index >= 15 is 0 Å². The number of ketones is 1. The third-order valence-corrected chi connectivity index (χ3v) is 5.00. The van der Waals surface area contributed by atoms with Gasteiger partial charge in [-0.25, -0.2) is 9.37 Å². The van der Waals surface area contributed by atoms with Crippen molar-refractivity contribution < 1.29 is 9.18 Å². The molecule has 0 radical (unpaired) electrons. The third-order valence-electron chi connectivity index (χ3n) is 2.92. The van der Waals surface area contributed by atoms with Crippen molar-refractivity contribution in [2.24, 2.45) is 0 Å². The lowest BCUT2D eigenvalue weighted by atomic mass is 10.1. The molecule has 112 valence electrons. The largest absolute Gasteiger partial charge is 0.299 e. The second-order valence-corrected chi connectivity index (χ2v) is 6.93. The fraction of sp³-hybridized carbons (Fsp3) is 0.200. The number of thioether (sulfide) groups is 1. The summed E-state index contributed by atoms with van der Waals surface area (Å²) >= 11 is 2.86. The molecule has 0 N–H and O–H groups in total. The van der Waals surface area contributed by atoms with Crippen molar-refractivity contribution in [3.63, 3.8) is 0 Å². The summed E-state index contributed by atoms with van der Waals surface area (Å²) in [6, 6.07) is 6.15. The van der Waals surface area contributed by atoms with Crippen LogP contribution in [0.4, 0.5) is 4.39 Å². The van der Waals surface area contributed by atoms with Gasteiger partial charge in [0.2, 0.25) is 0 Å². The molecule has 0 fully saturated rings. The summed E-state index contributed by atoms with van der Waals surface area (Å²) in [5.41, 5.74) is 2.24. The van der Waals surface area contributed by atoms with E-state index in [9.17, 15) is 9.18 Å². The van der Waals surface area contributed by atoms with Gasteiger partial charge in [-0.3, -0.25) is 4.79 Å². The van der Waals surface area contributed by atoms with E-state index in [2.05, 4.69) is 15.2 Å². The van der Waals surface area contributed by atoms with Gasteiger partial charge in [0.1, 0.15) is 27.8 Å². The number of Topliss-reactive ketones (excluding diaryl/α,β-unsaturated/α-hetero) is 1. The standard InChI is InChI=1S/C15H12FN3OS2/c1-8(20)7-21-15-13-14(22-9(2)17-13)12(18-19-15)10-3-5-11(16)6-4-10/h3-6H,7H2,1-2H3. The molecule has 4 nitrogen and oxygen atoms in total. The van der Waals surface area contributed by atoms with Gasteiger partial charge in [-0.05, 0) is 38.1 Å². The highest BCUT2D eigenvalue weighted by atomic mass is 32.2. The fourth-order valence-corrected chi connectivity index (χ4v) is 3.70. The highest BCUT2D eigenvalue weighted by molar-refractivity contribution is 8.00. The van der Waals surface area contributed by atoms with E-state index in [1.54, 1.807) is 12.1 Å². The predicted molar refractivity (Wildman–Crippen MR) is 86.7 cm³/mol. The molecular weight excluding hydrogens is 321 g/mol. The topological polar surface area (TPSA) is 55.7 Å². The van der Waals surface area contributed by atoms with E-state index in [1.165, 1.54) is 42.2 Å². The summed E-state index contributed by atoms with van der Waals surface area (Å²) in [7, 11) is 0. The maximum atomic E-state index is 13.1. The average Bonchev–Trinajstić information content (AvgIpc) is 2.87. The number of thiazole rings is 1. The lowest BCUT2D eigenvalue weighted by molar-refractivity contribution is -0.114. The Hall–Kier alpha value is -1.86. The minimum Gasteiger partial charge on any atom is -0.299 e. The first-order valence-electron chi connectivity index (χ1n) is 6.56. The van der Waals surface area contributed by atoms with Crippen molar-refractivity contribution in [2.75, 3.05) is 5.75 Å². The van der Waals surface area contributed by atoms with Crippen molar-refractivity contribution in [3.05, 3.63) is 35.1 Å². The van der Waals surface area contributed by atoms with Gasteiger partial charge in [-0.15, -0.1) is 21.5 Å². The van der Waals surface area contributed by atoms with Crippen molar-refractivity contribution in [2.45, 2.75) is 18.9 Å². The van der Waals surface area contributed by atoms with E-state index in [1.807, 2.05) is 6.92 Å². The molecule has 0 spiro atoms. The van der Waals surface area contributed by atoms with Crippen LogP contribution in [0.25, 0.3) is 21.5 Å². The SMILES string of the molecule is CC(=O)CSc1nnc(-c2ccc(F)cc2)c2sc(C)nc12. The molecule has 22 heavy (non-hydrogen) atoms. The summed E-state index contributed by atoms with van der Waals surface area (Å²) in [4.78, 5) is 15.7. The smallest absolute Gasteiger partial charge is 0.146 e. The molecule has 0 amide bonds. The molecule has 0 aliphatic rings. The predicted octanol–water partition coefficient (Wildman–Crippen LogP) is 3.88. The number of fused-ring (bicyclic) bond motifs is 1. The third kappa shape index (κ3) is 3.00. The van der Waals surface area contributed by atoms with Gasteiger partial charge in [-0.1, -0.05) is 11.8 Å². The Labute approximate surface area is 134 Å². The molecule has 3 rings (SSSR count). The van der Waals surface area contributed by atoms with Gasteiger partial charge in [0.05, 0.1) is 15.5 Å². The molecule has 0 aliphatic carbocycles. The normalized spacial score (nSPS) is 11.0. The number of carbonyl (C=O) groups excluding carboxylic acids is 1. The molecule has 1 aromatic carbocycles. The molecule has 3 aromatic rings. The van der Waals surface area contributed by atoms with Gasteiger partial charge in [0.15, 0.2) is 0 Å².